The lowest BCUT2D eigenvalue weighted by Crippen LogP contribution is -2.39. The standard InChI is InChI=1S/C24H25N3O3S2/c1-16-5-4-14-27(15-16)32(29,30)19-11-8-18(9-12-19)23(28)26-24-25-22-20-7-3-2-6-17(20)10-13-21(22)31-24/h2-3,6-9,11-12,16H,4-5,10,13-15H2,1H3,(H,25,26,28)/t16-/m0/s1. The molecule has 1 amide bonds. The van der Waals surface area contributed by atoms with Crippen molar-refractivity contribution in [3.8, 4) is 11.3 Å². The predicted molar refractivity (Wildman–Crippen MR) is 127 cm³/mol. The van der Waals surface area contributed by atoms with Gasteiger partial charge in [0.25, 0.3) is 5.91 Å². The molecule has 1 aliphatic heterocycles. The van der Waals surface area contributed by atoms with E-state index in [-0.39, 0.29) is 10.8 Å². The average Bonchev–Trinajstić information content (AvgIpc) is 3.22. The van der Waals surface area contributed by atoms with Crippen LogP contribution in [-0.2, 0) is 22.9 Å². The summed E-state index contributed by atoms with van der Waals surface area (Å²) in [6.07, 6.45) is 3.83. The lowest BCUT2D eigenvalue weighted by atomic mass is 9.94. The van der Waals surface area contributed by atoms with E-state index in [1.165, 1.54) is 33.9 Å². The maximum atomic E-state index is 12.9. The highest BCUT2D eigenvalue weighted by Crippen LogP contribution is 2.38. The van der Waals surface area contributed by atoms with Crippen LogP contribution in [0.25, 0.3) is 11.3 Å². The van der Waals surface area contributed by atoms with Gasteiger partial charge in [0.2, 0.25) is 10.0 Å². The number of carbonyl (C=O) groups excluding carboxylic acids is 1. The number of hydrogen-bond donors (Lipinski definition) is 1. The molecule has 2 aromatic carbocycles. The van der Waals surface area contributed by atoms with E-state index in [1.807, 2.05) is 12.1 Å². The monoisotopic (exact) mass is 467 g/mol. The van der Waals surface area contributed by atoms with Crippen molar-refractivity contribution in [3.05, 3.63) is 64.5 Å². The second-order valence-corrected chi connectivity index (χ2v) is 11.6. The molecule has 1 saturated heterocycles. The van der Waals surface area contributed by atoms with E-state index in [2.05, 4.69) is 29.4 Å². The van der Waals surface area contributed by atoms with Gasteiger partial charge in [-0.2, -0.15) is 4.31 Å². The maximum Gasteiger partial charge on any atom is 0.257 e. The van der Waals surface area contributed by atoms with Crippen molar-refractivity contribution in [3.63, 3.8) is 0 Å². The number of carbonyl (C=O) groups is 1. The van der Waals surface area contributed by atoms with Crippen molar-refractivity contribution in [1.82, 2.24) is 9.29 Å². The summed E-state index contributed by atoms with van der Waals surface area (Å²) in [5.41, 5.74) is 3.77. The number of nitrogens with one attached hydrogen (secondary N) is 1. The minimum Gasteiger partial charge on any atom is -0.298 e. The summed E-state index contributed by atoms with van der Waals surface area (Å²) < 4.78 is 27.4. The van der Waals surface area contributed by atoms with Gasteiger partial charge in [0.05, 0.1) is 10.6 Å². The summed E-state index contributed by atoms with van der Waals surface area (Å²) in [6.45, 7) is 3.17. The number of rotatable bonds is 4. The fraction of sp³-hybridized carbons (Fsp3) is 0.333. The Balaban J connectivity index is 1.32. The van der Waals surface area contributed by atoms with Crippen LogP contribution in [0.1, 0.15) is 40.6 Å². The zero-order chi connectivity index (χ0) is 22.3. The molecule has 1 aliphatic carbocycles. The first-order valence-electron chi connectivity index (χ1n) is 10.9. The quantitative estimate of drug-likeness (QED) is 0.609. The van der Waals surface area contributed by atoms with Gasteiger partial charge in [0.1, 0.15) is 0 Å². The summed E-state index contributed by atoms with van der Waals surface area (Å²) in [5, 5.41) is 3.45. The molecule has 0 bridgehead atoms. The minimum absolute atomic E-state index is 0.226. The number of sulfonamides is 1. The van der Waals surface area contributed by atoms with E-state index in [4.69, 9.17) is 0 Å². The molecular weight excluding hydrogens is 442 g/mol. The molecule has 1 aromatic heterocycles. The number of fused-ring (bicyclic) bond motifs is 3. The van der Waals surface area contributed by atoms with Gasteiger partial charge in [-0.05, 0) is 61.4 Å². The molecule has 5 rings (SSSR count). The second-order valence-electron chi connectivity index (χ2n) is 8.54. The van der Waals surface area contributed by atoms with E-state index in [9.17, 15) is 13.2 Å². The fourth-order valence-electron chi connectivity index (χ4n) is 4.46. The van der Waals surface area contributed by atoms with Gasteiger partial charge >= 0.3 is 0 Å². The SMILES string of the molecule is C[C@H]1CCCN(S(=O)(=O)c2ccc(C(=O)Nc3nc4c(s3)CCc3ccccc3-4)cc2)C1. The molecule has 0 spiro atoms. The van der Waals surface area contributed by atoms with Crippen LogP contribution in [-0.4, -0.2) is 36.7 Å². The number of aromatic nitrogens is 1. The van der Waals surface area contributed by atoms with Crippen molar-refractivity contribution in [2.75, 3.05) is 18.4 Å². The zero-order valence-electron chi connectivity index (χ0n) is 17.9. The zero-order valence-corrected chi connectivity index (χ0v) is 19.5. The van der Waals surface area contributed by atoms with E-state index in [0.29, 0.717) is 29.7 Å². The molecule has 0 radical (unpaired) electrons. The summed E-state index contributed by atoms with van der Waals surface area (Å²) in [4.78, 5) is 18.8. The molecule has 6 nitrogen and oxygen atoms in total. The molecule has 0 saturated carbocycles. The highest BCUT2D eigenvalue weighted by Gasteiger charge is 2.29. The summed E-state index contributed by atoms with van der Waals surface area (Å²) in [6, 6.07) is 14.4. The van der Waals surface area contributed by atoms with Crippen LogP contribution >= 0.6 is 11.3 Å². The number of aryl methyl sites for hydroxylation is 2. The Morgan fingerprint density at radius 1 is 1.12 bits per heavy atom. The van der Waals surface area contributed by atoms with Crippen LogP contribution in [0.15, 0.2) is 53.4 Å². The van der Waals surface area contributed by atoms with Gasteiger partial charge in [0.15, 0.2) is 5.13 Å². The normalized spacial score (nSPS) is 18.6. The lowest BCUT2D eigenvalue weighted by Gasteiger charge is -2.30. The second kappa shape index (κ2) is 8.42. The van der Waals surface area contributed by atoms with Crippen LogP contribution in [0, 0.1) is 5.92 Å². The number of benzene rings is 2. The van der Waals surface area contributed by atoms with Gasteiger partial charge < -0.3 is 0 Å². The molecule has 2 aliphatic rings. The first kappa shape index (κ1) is 21.3. The molecule has 1 N–H and O–H groups in total. The Morgan fingerprint density at radius 3 is 2.69 bits per heavy atom. The molecule has 0 unspecified atom stereocenters. The molecule has 166 valence electrons. The number of hydrogen-bond acceptors (Lipinski definition) is 5. The Labute approximate surface area is 192 Å². The molecule has 1 atom stereocenters. The number of piperidine rings is 1. The maximum absolute atomic E-state index is 12.9. The lowest BCUT2D eigenvalue weighted by molar-refractivity contribution is 0.102. The first-order chi connectivity index (χ1) is 15.4. The van der Waals surface area contributed by atoms with Crippen LogP contribution in [0.2, 0.25) is 0 Å². The molecule has 32 heavy (non-hydrogen) atoms. The molecule has 3 aromatic rings. The van der Waals surface area contributed by atoms with E-state index in [1.54, 1.807) is 16.4 Å². The molecular formula is C24H25N3O3S2. The van der Waals surface area contributed by atoms with Gasteiger partial charge in [-0.15, -0.1) is 11.3 Å². The van der Waals surface area contributed by atoms with Gasteiger partial charge in [-0.3, -0.25) is 10.1 Å². The minimum atomic E-state index is -3.54. The smallest absolute Gasteiger partial charge is 0.257 e. The van der Waals surface area contributed by atoms with E-state index >= 15 is 0 Å². The van der Waals surface area contributed by atoms with E-state index < -0.39 is 10.0 Å². The van der Waals surface area contributed by atoms with Crippen molar-refractivity contribution in [2.24, 2.45) is 5.92 Å². The fourth-order valence-corrected chi connectivity index (χ4v) is 7.03. The largest absolute Gasteiger partial charge is 0.298 e. The Hall–Kier alpha value is -2.55. The van der Waals surface area contributed by atoms with Gasteiger partial charge in [-0.25, -0.2) is 13.4 Å². The third-order valence-electron chi connectivity index (χ3n) is 6.19. The van der Waals surface area contributed by atoms with Gasteiger partial charge in [-0.1, -0.05) is 31.2 Å². The number of thiazole rings is 1. The third-order valence-corrected chi connectivity index (χ3v) is 9.10. The van der Waals surface area contributed by atoms with Crippen LogP contribution in [0.3, 0.4) is 0 Å². The van der Waals surface area contributed by atoms with Crippen molar-refractivity contribution >= 4 is 32.4 Å². The van der Waals surface area contributed by atoms with E-state index in [0.717, 1.165) is 36.9 Å². The highest BCUT2D eigenvalue weighted by molar-refractivity contribution is 7.89. The number of amides is 1. The third kappa shape index (κ3) is 3.98. The van der Waals surface area contributed by atoms with Crippen molar-refractivity contribution in [2.45, 2.75) is 37.5 Å². The number of anilines is 1. The Morgan fingerprint density at radius 2 is 1.91 bits per heavy atom. The summed E-state index contributed by atoms with van der Waals surface area (Å²) in [5.74, 6) is 0.0691. The average molecular weight is 468 g/mol. The van der Waals surface area contributed by atoms with Crippen LogP contribution in [0.5, 0.6) is 0 Å². The Kier molecular flexibility index (Phi) is 5.61. The van der Waals surface area contributed by atoms with Gasteiger partial charge in [0, 0.05) is 29.1 Å². The highest BCUT2D eigenvalue weighted by atomic mass is 32.2. The topological polar surface area (TPSA) is 79.4 Å². The van der Waals surface area contributed by atoms with Crippen molar-refractivity contribution in [1.29, 1.82) is 0 Å². The molecule has 2 heterocycles. The molecule has 1 fully saturated rings. The van der Waals surface area contributed by atoms with Crippen LogP contribution in [0.4, 0.5) is 5.13 Å². The van der Waals surface area contributed by atoms with Crippen LogP contribution < -0.4 is 5.32 Å². The number of nitrogens with zero attached hydrogens (tertiary/aromatic N) is 2. The summed E-state index contributed by atoms with van der Waals surface area (Å²) in [7, 11) is -3.54. The van der Waals surface area contributed by atoms with Crippen molar-refractivity contribution < 1.29 is 13.2 Å². The Bertz CT molecular complexity index is 1270. The first-order valence-corrected chi connectivity index (χ1v) is 13.2. The summed E-state index contributed by atoms with van der Waals surface area (Å²) >= 11 is 1.50. The predicted octanol–water partition coefficient (Wildman–Crippen LogP) is 4.58. The molecule has 8 heteroatoms.